The molecule has 0 saturated carbocycles. The molecule has 106 valence electrons. The maximum Gasteiger partial charge on any atom is 0.172 e. The van der Waals surface area contributed by atoms with E-state index in [4.69, 9.17) is 4.98 Å². The molecule has 20 heavy (non-hydrogen) atoms. The first kappa shape index (κ1) is 13.1. The van der Waals surface area contributed by atoms with E-state index in [1.165, 1.54) is 0 Å². The van der Waals surface area contributed by atoms with Crippen LogP contribution < -0.4 is 15.5 Å². The van der Waals surface area contributed by atoms with E-state index in [0.717, 1.165) is 48.6 Å². The van der Waals surface area contributed by atoms with Crippen LogP contribution in [-0.2, 0) is 0 Å². The van der Waals surface area contributed by atoms with Crippen molar-refractivity contribution in [1.29, 1.82) is 0 Å². The van der Waals surface area contributed by atoms with Crippen molar-refractivity contribution >= 4 is 22.7 Å². The van der Waals surface area contributed by atoms with Gasteiger partial charge in [0.15, 0.2) is 11.6 Å². The Labute approximate surface area is 119 Å². The molecule has 1 aromatic carbocycles. The van der Waals surface area contributed by atoms with Crippen molar-refractivity contribution in [3.63, 3.8) is 0 Å². The number of fused-ring (bicyclic) bond motifs is 1. The summed E-state index contributed by atoms with van der Waals surface area (Å²) in [6.45, 7) is 2.04. The highest BCUT2D eigenvalue weighted by atomic mass is 15.2. The number of anilines is 2. The van der Waals surface area contributed by atoms with Gasteiger partial charge in [0, 0.05) is 26.2 Å². The standard InChI is InChI=1S/C15H21N5/c1-16-11-7-9-20(10-8-11)15-14(17-2)18-12-5-3-4-6-13(12)19-15/h3-6,11,16H,7-10H2,1-2H3,(H,17,18). The number of rotatable bonds is 3. The van der Waals surface area contributed by atoms with E-state index in [0.29, 0.717) is 6.04 Å². The number of nitrogens with one attached hydrogen (secondary N) is 2. The minimum atomic E-state index is 0.623. The molecule has 1 fully saturated rings. The van der Waals surface area contributed by atoms with Crippen molar-refractivity contribution in [3.8, 4) is 0 Å². The number of aromatic nitrogens is 2. The molecule has 0 unspecified atom stereocenters. The third-order valence-electron chi connectivity index (χ3n) is 3.99. The van der Waals surface area contributed by atoms with Gasteiger partial charge in [-0.15, -0.1) is 0 Å². The van der Waals surface area contributed by atoms with E-state index in [1.807, 2.05) is 38.4 Å². The molecule has 5 heteroatoms. The average molecular weight is 271 g/mol. The maximum atomic E-state index is 4.80. The van der Waals surface area contributed by atoms with Crippen LogP contribution in [0.15, 0.2) is 24.3 Å². The van der Waals surface area contributed by atoms with Crippen LogP contribution in [0.25, 0.3) is 11.0 Å². The molecule has 1 saturated heterocycles. The molecular formula is C15H21N5. The smallest absolute Gasteiger partial charge is 0.172 e. The lowest BCUT2D eigenvalue weighted by atomic mass is 10.1. The molecule has 0 atom stereocenters. The second kappa shape index (κ2) is 5.63. The molecule has 0 bridgehead atoms. The van der Waals surface area contributed by atoms with Crippen molar-refractivity contribution in [2.24, 2.45) is 0 Å². The fourth-order valence-electron chi connectivity index (χ4n) is 2.76. The highest BCUT2D eigenvalue weighted by Gasteiger charge is 2.21. The van der Waals surface area contributed by atoms with Gasteiger partial charge in [0.05, 0.1) is 11.0 Å². The molecular weight excluding hydrogens is 250 g/mol. The van der Waals surface area contributed by atoms with Gasteiger partial charge in [-0.2, -0.15) is 0 Å². The number of para-hydroxylation sites is 2. The van der Waals surface area contributed by atoms with Gasteiger partial charge in [0.25, 0.3) is 0 Å². The summed E-state index contributed by atoms with van der Waals surface area (Å²) < 4.78 is 0. The second-order valence-electron chi connectivity index (χ2n) is 5.18. The zero-order valence-electron chi connectivity index (χ0n) is 12.1. The quantitative estimate of drug-likeness (QED) is 0.892. The predicted molar refractivity (Wildman–Crippen MR) is 83.4 cm³/mol. The lowest BCUT2D eigenvalue weighted by Gasteiger charge is -2.33. The van der Waals surface area contributed by atoms with Gasteiger partial charge in [0.2, 0.25) is 0 Å². The van der Waals surface area contributed by atoms with Gasteiger partial charge in [-0.05, 0) is 32.0 Å². The Balaban J connectivity index is 1.94. The Kier molecular flexibility index (Phi) is 3.69. The van der Waals surface area contributed by atoms with Crippen LogP contribution in [0.2, 0.25) is 0 Å². The SMILES string of the molecule is CNc1nc2ccccc2nc1N1CCC(NC)CC1. The van der Waals surface area contributed by atoms with Gasteiger partial charge in [-0.3, -0.25) is 0 Å². The van der Waals surface area contributed by atoms with Crippen LogP contribution in [-0.4, -0.2) is 43.2 Å². The molecule has 2 N–H and O–H groups in total. The van der Waals surface area contributed by atoms with E-state index < -0.39 is 0 Å². The van der Waals surface area contributed by atoms with Gasteiger partial charge in [0.1, 0.15) is 0 Å². The Morgan fingerprint density at radius 1 is 1.05 bits per heavy atom. The number of benzene rings is 1. The minimum absolute atomic E-state index is 0.623. The van der Waals surface area contributed by atoms with Gasteiger partial charge in [-0.25, -0.2) is 9.97 Å². The van der Waals surface area contributed by atoms with Crippen LogP contribution in [0.1, 0.15) is 12.8 Å². The summed E-state index contributed by atoms with van der Waals surface area (Å²) in [5.74, 6) is 1.84. The summed E-state index contributed by atoms with van der Waals surface area (Å²) in [6, 6.07) is 8.64. The van der Waals surface area contributed by atoms with Crippen LogP contribution in [0.4, 0.5) is 11.6 Å². The van der Waals surface area contributed by atoms with E-state index in [1.54, 1.807) is 0 Å². The van der Waals surface area contributed by atoms with Gasteiger partial charge < -0.3 is 15.5 Å². The summed E-state index contributed by atoms with van der Waals surface area (Å²) in [7, 11) is 3.94. The van der Waals surface area contributed by atoms with Crippen LogP contribution >= 0.6 is 0 Å². The molecule has 2 aromatic rings. The number of piperidine rings is 1. The topological polar surface area (TPSA) is 53.1 Å². The van der Waals surface area contributed by atoms with E-state index in [9.17, 15) is 0 Å². The molecule has 1 aromatic heterocycles. The molecule has 1 aliphatic rings. The average Bonchev–Trinajstić information content (AvgIpc) is 2.53. The predicted octanol–water partition coefficient (Wildman–Crippen LogP) is 1.86. The van der Waals surface area contributed by atoms with Crippen LogP contribution in [0, 0.1) is 0 Å². The molecule has 2 heterocycles. The normalized spacial score (nSPS) is 16.6. The van der Waals surface area contributed by atoms with Crippen molar-refractivity contribution < 1.29 is 0 Å². The lowest BCUT2D eigenvalue weighted by Crippen LogP contribution is -2.41. The van der Waals surface area contributed by atoms with Crippen LogP contribution in [0.5, 0.6) is 0 Å². The van der Waals surface area contributed by atoms with Gasteiger partial charge >= 0.3 is 0 Å². The van der Waals surface area contributed by atoms with Crippen molar-refractivity contribution in [3.05, 3.63) is 24.3 Å². The number of hydrogen-bond donors (Lipinski definition) is 2. The van der Waals surface area contributed by atoms with Crippen LogP contribution in [0.3, 0.4) is 0 Å². The Morgan fingerprint density at radius 2 is 1.70 bits per heavy atom. The Morgan fingerprint density at radius 3 is 2.30 bits per heavy atom. The maximum absolute atomic E-state index is 4.80. The second-order valence-corrected chi connectivity index (χ2v) is 5.18. The minimum Gasteiger partial charge on any atom is -0.370 e. The highest BCUT2D eigenvalue weighted by Crippen LogP contribution is 2.27. The monoisotopic (exact) mass is 271 g/mol. The highest BCUT2D eigenvalue weighted by molar-refractivity contribution is 5.80. The molecule has 0 spiro atoms. The molecule has 1 aliphatic heterocycles. The van der Waals surface area contributed by atoms with E-state index in [-0.39, 0.29) is 0 Å². The summed E-state index contributed by atoms with van der Waals surface area (Å²) in [5, 5.41) is 6.54. The molecule has 0 aliphatic carbocycles. The largest absolute Gasteiger partial charge is 0.370 e. The van der Waals surface area contributed by atoms with Crippen molar-refractivity contribution in [1.82, 2.24) is 15.3 Å². The summed E-state index contributed by atoms with van der Waals surface area (Å²) >= 11 is 0. The summed E-state index contributed by atoms with van der Waals surface area (Å²) in [5.41, 5.74) is 1.89. The van der Waals surface area contributed by atoms with Crippen molar-refractivity contribution in [2.75, 3.05) is 37.4 Å². The zero-order chi connectivity index (χ0) is 13.9. The third kappa shape index (κ3) is 2.41. The Hall–Kier alpha value is -1.88. The molecule has 0 radical (unpaired) electrons. The van der Waals surface area contributed by atoms with Crippen molar-refractivity contribution in [2.45, 2.75) is 18.9 Å². The fraction of sp³-hybridized carbons (Fsp3) is 0.467. The number of nitrogens with zero attached hydrogens (tertiary/aromatic N) is 3. The first-order valence-corrected chi connectivity index (χ1v) is 7.18. The fourth-order valence-corrected chi connectivity index (χ4v) is 2.76. The molecule has 0 amide bonds. The summed E-state index contributed by atoms with van der Waals surface area (Å²) in [4.78, 5) is 11.8. The zero-order valence-corrected chi connectivity index (χ0v) is 12.1. The Bertz CT molecular complexity index is 590. The van der Waals surface area contributed by atoms with Gasteiger partial charge in [-0.1, -0.05) is 12.1 Å². The lowest BCUT2D eigenvalue weighted by molar-refractivity contribution is 0.441. The number of hydrogen-bond acceptors (Lipinski definition) is 5. The third-order valence-corrected chi connectivity index (χ3v) is 3.99. The first-order chi connectivity index (χ1) is 9.81. The molecule has 5 nitrogen and oxygen atoms in total. The van der Waals surface area contributed by atoms with E-state index >= 15 is 0 Å². The molecule has 3 rings (SSSR count). The van der Waals surface area contributed by atoms with E-state index in [2.05, 4.69) is 20.5 Å². The summed E-state index contributed by atoms with van der Waals surface area (Å²) in [6.07, 6.45) is 2.29. The first-order valence-electron chi connectivity index (χ1n) is 7.18.